The zero-order valence-electron chi connectivity index (χ0n) is 12.7. The maximum Gasteiger partial charge on any atom is 0.454 e. The van der Waals surface area contributed by atoms with Crippen LogP contribution in [-0.4, -0.2) is 47.8 Å². The Bertz CT molecular complexity index is 701. The Morgan fingerprint density at radius 3 is 2.68 bits per heavy atom. The van der Waals surface area contributed by atoms with Gasteiger partial charge in [0.05, 0.1) is 9.21 Å². The monoisotopic (exact) mass is 395 g/mol. The number of carbonyl (C=O) groups excluding carboxylic acids is 3. The molecule has 2 rings (SSSR count). The van der Waals surface area contributed by atoms with E-state index < -0.39 is 36.4 Å². The highest BCUT2D eigenvalue weighted by Gasteiger charge is 2.37. The molecule has 25 heavy (non-hydrogen) atoms. The van der Waals surface area contributed by atoms with Crippen molar-refractivity contribution in [3.05, 3.63) is 33.6 Å². The Balaban J connectivity index is 1.90. The van der Waals surface area contributed by atoms with Crippen molar-refractivity contribution in [1.82, 2.24) is 4.90 Å². The summed E-state index contributed by atoms with van der Waals surface area (Å²) in [5, 5.41) is 0. The summed E-state index contributed by atoms with van der Waals surface area (Å²) in [5.74, 6) is -3.15. The molecule has 1 unspecified atom stereocenters. The summed E-state index contributed by atoms with van der Waals surface area (Å²) < 4.78 is 42.0. The van der Waals surface area contributed by atoms with Crippen molar-refractivity contribution in [1.29, 1.82) is 0 Å². The molecule has 1 aromatic rings. The number of thiophene rings is 1. The largest absolute Gasteiger partial charge is 0.456 e. The number of carbonyl (C=O) groups is 3. The normalized spacial score (nSPS) is 17.9. The van der Waals surface area contributed by atoms with E-state index in [2.05, 4.69) is 0 Å². The van der Waals surface area contributed by atoms with Gasteiger partial charge in [0.2, 0.25) is 5.78 Å². The molecule has 0 bridgehead atoms. The summed E-state index contributed by atoms with van der Waals surface area (Å²) in [6.45, 7) is -0.166. The average molecular weight is 396 g/mol. The third-order valence-corrected chi connectivity index (χ3v) is 4.73. The lowest BCUT2D eigenvalue weighted by atomic mass is 10.2. The zero-order valence-corrected chi connectivity index (χ0v) is 14.3. The quantitative estimate of drug-likeness (QED) is 0.420. The average Bonchev–Trinajstić information content (AvgIpc) is 3.17. The Morgan fingerprint density at radius 2 is 2.08 bits per heavy atom. The van der Waals surface area contributed by atoms with Gasteiger partial charge in [0, 0.05) is 18.8 Å². The van der Waals surface area contributed by atoms with Crippen molar-refractivity contribution in [3.8, 4) is 0 Å². The van der Waals surface area contributed by atoms with Crippen molar-refractivity contribution in [2.75, 3.05) is 13.2 Å². The van der Waals surface area contributed by atoms with E-state index in [-0.39, 0.29) is 0 Å². The predicted molar refractivity (Wildman–Crippen MR) is 84.5 cm³/mol. The molecule has 5 nitrogen and oxygen atoms in total. The van der Waals surface area contributed by atoms with Crippen LogP contribution in [0.2, 0.25) is 4.34 Å². The molecule has 0 aliphatic carbocycles. The lowest BCUT2D eigenvalue weighted by Crippen LogP contribution is -2.35. The molecule has 0 radical (unpaired) electrons. The van der Waals surface area contributed by atoms with Gasteiger partial charge in [-0.3, -0.25) is 9.59 Å². The summed E-state index contributed by atoms with van der Waals surface area (Å²) in [7, 11) is 0. The lowest BCUT2D eigenvalue weighted by molar-refractivity contribution is -0.165. The number of alkyl halides is 3. The maximum absolute atomic E-state index is 12.2. The number of Topliss-reactive ketones (excluding diaryl/α,β-unsaturated/α-hetero) is 1. The highest BCUT2D eigenvalue weighted by Crippen LogP contribution is 2.23. The van der Waals surface area contributed by atoms with Gasteiger partial charge >= 0.3 is 12.1 Å². The van der Waals surface area contributed by atoms with E-state index in [0.29, 0.717) is 34.7 Å². The van der Waals surface area contributed by atoms with Gasteiger partial charge in [-0.2, -0.15) is 13.2 Å². The SMILES string of the molecule is O=C(COC(=O)C1CCCN1C=CC(=O)C(F)(F)F)c1ccc(Cl)s1. The van der Waals surface area contributed by atoms with Crippen LogP contribution in [0.3, 0.4) is 0 Å². The Morgan fingerprint density at radius 1 is 1.36 bits per heavy atom. The zero-order chi connectivity index (χ0) is 18.6. The number of esters is 1. The van der Waals surface area contributed by atoms with Gasteiger partial charge in [-0.05, 0) is 25.0 Å². The molecule has 1 aliphatic heterocycles. The van der Waals surface area contributed by atoms with Crippen LogP contribution < -0.4 is 0 Å². The first-order valence-electron chi connectivity index (χ1n) is 7.19. The van der Waals surface area contributed by atoms with E-state index in [0.717, 1.165) is 17.5 Å². The molecule has 136 valence electrons. The number of ketones is 2. The second kappa shape index (κ2) is 8.01. The molecule has 10 heteroatoms. The van der Waals surface area contributed by atoms with Crippen molar-refractivity contribution >= 4 is 40.5 Å². The van der Waals surface area contributed by atoms with Crippen LogP contribution in [-0.2, 0) is 14.3 Å². The number of hydrogen-bond acceptors (Lipinski definition) is 6. The Labute approximate surface area is 150 Å². The molecule has 0 spiro atoms. The Kier molecular flexibility index (Phi) is 6.23. The number of nitrogens with zero attached hydrogens (tertiary/aromatic N) is 1. The van der Waals surface area contributed by atoms with Crippen LogP contribution in [0.1, 0.15) is 22.5 Å². The number of hydrogen-bond donors (Lipinski definition) is 0. The molecule has 2 heterocycles. The minimum atomic E-state index is -4.96. The van der Waals surface area contributed by atoms with Crippen LogP contribution >= 0.6 is 22.9 Å². The maximum atomic E-state index is 12.2. The first kappa shape index (κ1) is 19.5. The van der Waals surface area contributed by atoms with Crippen molar-refractivity contribution in [3.63, 3.8) is 0 Å². The molecule has 1 saturated heterocycles. The first-order valence-corrected chi connectivity index (χ1v) is 8.38. The molecule has 1 aliphatic rings. The third kappa shape index (κ3) is 5.30. The van der Waals surface area contributed by atoms with Crippen molar-refractivity contribution in [2.45, 2.75) is 25.1 Å². The van der Waals surface area contributed by atoms with E-state index in [1.165, 1.54) is 11.0 Å². The summed E-state index contributed by atoms with van der Waals surface area (Å²) >= 11 is 6.77. The van der Waals surface area contributed by atoms with Gasteiger partial charge in [-0.15, -0.1) is 11.3 Å². The molecule has 0 N–H and O–H groups in total. The van der Waals surface area contributed by atoms with Gasteiger partial charge < -0.3 is 9.64 Å². The minimum absolute atomic E-state index is 0.315. The van der Waals surface area contributed by atoms with Crippen molar-refractivity contribution < 1.29 is 32.3 Å². The Hall–Kier alpha value is -1.87. The number of ether oxygens (including phenoxy) is 1. The predicted octanol–water partition coefficient (Wildman–Crippen LogP) is 3.24. The summed E-state index contributed by atoms with van der Waals surface area (Å²) in [4.78, 5) is 36.4. The van der Waals surface area contributed by atoms with E-state index in [4.69, 9.17) is 16.3 Å². The molecular weight excluding hydrogens is 383 g/mol. The van der Waals surface area contributed by atoms with E-state index in [1.807, 2.05) is 0 Å². The molecule has 1 atom stereocenters. The lowest BCUT2D eigenvalue weighted by Gasteiger charge is -2.20. The highest BCUT2D eigenvalue weighted by atomic mass is 35.5. The van der Waals surface area contributed by atoms with Gasteiger partial charge in [-0.25, -0.2) is 4.79 Å². The number of rotatable bonds is 6. The van der Waals surface area contributed by atoms with E-state index in [9.17, 15) is 27.6 Å². The summed E-state index contributed by atoms with van der Waals surface area (Å²) in [6, 6.07) is 2.23. The molecule has 1 aromatic heterocycles. The molecule has 0 saturated carbocycles. The standard InChI is InChI=1S/C15H13ClF3NO4S/c16-13-4-3-11(25-13)10(21)8-24-14(23)9-2-1-6-20(9)7-5-12(22)15(17,18)19/h3-5,7,9H,1-2,6,8H2. The fraction of sp³-hybridized carbons (Fsp3) is 0.400. The summed E-state index contributed by atoms with van der Waals surface area (Å²) in [5.41, 5.74) is 0. The van der Waals surface area contributed by atoms with Crippen molar-refractivity contribution in [2.24, 2.45) is 0 Å². The molecule has 0 amide bonds. The molecule has 0 aromatic carbocycles. The number of halogens is 4. The van der Waals surface area contributed by atoms with Crippen LogP contribution in [0, 0.1) is 0 Å². The van der Waals surface area contributed by atoms with Crippen LogP contribution in [0.15, 0.2) is 24.4 Å². The first-order chi connectivity index (χ1) is 11.7. The molecular formula is C15H13ClF3NO4S. The van der Waals surface area contributed by atoms with Crippen LogP contribution in [0.5, 0.6) is 0 Å². The van der Waals surface area contributed by atoms with Crippen LogP contribution in [0.25, 0.3) is 0 Å². The van der Waals surface area contributed by atoms with E-state index in [1.54, 1.807) is 6.07 Å². The summed E-state index contributed by atoms with van der Waals surface area (Å²) in [6.07, 6.45) is -2.72. The minimum Gasteiger partial charge on any atom is -0.456 e. The smallest absolute Gasteiger partial charge is 0.454 e. The number of allylic oxidation sites excluding steroid dienone is 1. The number of likely N-dealkylation sites (tertiary alicyclic amines) is 1. The fourth-order valence-electron chi connectivity index (χ4n) is 2.25. The van der Waals surface area contributed by atoms with Gasteiger partial charge in [0.1, 0.15) is 6.04 Å². The third-order valence-electron chi connectivity index (χ3n) is 3.46. The second-order valence-electron chi connectivity index (χ2n) is 5.21. The van der Waals surface area contributed by atoms with Gasteiger partial charge in [0.15, 0.2) is 6.61 Å². The topological polar surface area (TPSA) is 63.7 Å². The highest BCUT2D eigenvalue weighted by molar-refractivity contribution is 7.18. The second-order valence-corrected chi connectivity index (χ2v) is 6.92. The van der Waals surface area contributed by atoms with Gasteiger partial charge in [-0.1, -0.05) is 11.6 Å². The van der Waals surface area contributed by atoms with E-state index >= 15 is 0 Å². The van der Waals surface area contributed by atoms with Crippen LogP contribution in [0.4, 0.5) is 13.2 Å². The fourth-order valence-corrected chi connectivity index (χ4v) is 3.21. The van der Waals surface area contributed by atoms with Gasteiger partial charge in [0.25, 0.3) is 5.78 Å². The molecule has 1 fully saturated rings.